The van der Waals surface area contributed by atoms with Gasteiger partial charge in [-0.05, 0) is 35.9 Å². The van der Waals surface area contributed by atoms with Gasteiger partial charge in [0.15, 0.2) is 0 Å². The maximum atomic E-state index is 5.71. The number of benzene rings is 2. The minimum Gasteiger partial charge on any atom is -0.379 e. The van der Waals surface area contributed by atoms with Crippen LogP contribution in [0.3, 0.4) is 0 Å². The van der Waals surface area contributed by atoms with Gasteiger partial charge in [0.1, 0.15) is 0 Å². The molecule has 3 atom stereocenters. The fraction of sp³-hybridized carbons (Fsp3) is 0.417. The normalized spacial score (nSPS) is 30.5. The van der Waals surface area contributed by atoms with Crippen molar-refractivity contribution in [3.05, 3.63) is 71.9 Å². The molecule has 3 heterocycles. The van der Waals surface area contributed by atoms with Gasteiger partial charge in [-0.15, -0.1) is 0 Å². The quantitative estimate of drug-likeness (QED) is 0.667. The van der Waals surface area contributed by atoms with Crippen molar-refractivity contribution in [3.8, 4) is 0 Å². The van der Waals surface area contributed by atoms with Gasteiger partial charge in [-0.3, -0.25) is 4.90 Å². The molecule has 0 amide bonds. The Balaban J connectivity index is 1.62. The van der Waals surface area contributed by atoms with Crippen LogP contribution in [0.1, 0.15) is 36.6 Å². The first-order valence-corrected chi connectivity index (χ1v) is 10.4. The van der Waals surface area contributed by atoms with Gasteiger partial charge >= 0.3 is 0 Å². The van der Waals surface area contributed by atoms with E-state index in [9.17, 15) is 0 Å². The van der Waals surface area contributed by atoms with E-state index in [1.54, 1.807) is 5.69 Å². The molecule has 6 rings (SSSR count). The summed E-state index contributed by atoms with van der Waals surface area (Å²) in [6.07, 6.45) is 3.91. The highest BCUT2D eigenvalue weighted by Crippen LogP contribution is 2.60. The Labute approximate surface area is 160 Å². The number of aromatic nitrogens is 1. The Bertz CT molecular complexity index is 972. The summed E-state index contributed by atoms with van der Waals surface area (Å²) in [5.74, 6) is 0.651. The summed E-state index contributed by atoms with van der Waals surface area (Å²) in [7, 11) is 0. The van der Waals surface area contributed by atoms with E-state index in [1.165, 1.54) is 35.7 Å². The molecule has 3 aromatic rings. The highest BCUT2D eigenvalue weighted by Gasteiger charge is 2.58. The minimum atomic E-state index is 0.170. The van der Waals surface area contributed by atoms with Gasteiger partial charge in [-0.25, -0.2) is 0 Å². The Morgan fingerprint density at radius 1 is 0.926 bits per heavy atom. The lowest BCUT2D eigenvalue weighted by Crippen LogP contribution is -2.52. The first kappa shape index (κ1) is 15.9. The van der Waals surface area contributed by atoms with Crippen LogP contribution in [0.2, 0.25) is 0 Å². The number of nitrogens with zero attached hydrogens (tertiary/aromatic N) is 2. The zero-order valence-corrected chi connectivity index (χ0v) is 15.7. The molecule has 0 N–H and O–H groups in total. The third kappa shape index (κ3) is 2.10. The molecule has 1 saturated carbocycles. The maximum Gasteiger partial charge on any atom is 0.0667 e. The lowest BCUT2D eigenvalue weighted by Gasteiger charge is -2.44. The van der Waals surface area contributed by atoms with Gasteiger partial charge < -0.3 is 9.30 Å². The molecular weight excluding hydrogens is 332 g/mol. The molecule has 1 saturated heterocycles. The van der Waals surface area contributed by atoms with Crippen LogP contribution >= 0.6 is 0 Å². The van der Waals surface area contributed by atoms with Crippen LogP contribution in [0.5, 0.6) is 0 Å². The molecule has 3 unspecified atom stereocenters. The molecule has 0 bridgehead atoms. The summed E-state index contributed by atoms with van der Waals surface area (Å²) < 4.78 is 8.40. The molecule has 1 aliphatic carbocycles. The van der Waals surface area contributed by atoms with Crippen molar-refractivity contribution in [2.75, 3.05) is 26.3 Å². The molecule has 0 radical (unpaired) electrons. The van der Waals surface area contributed by atoms with Crippen molar-refractivity contribution in [1.29, 1.82) is 0 Å². The summed E-state index contributed by atoms with van der Waals surface area (Å²) in [6, 6.07) is 23.1. The highest BCUT2D eigenvalue weighted by atomic mass is 16.5. The number of hydrogen-bond acceptors (Lipinski definition) is 2. The van der Waals surface area contributed by atoms with E-state index in [0.29, 0.717) is 12.0 Å². The second kappa shape index (κ2) is 5.95. The van der Waals surface area contributed by atoms with Crippen molar-refractivity contribution in [2.24, 2.45) is 5.92 Å². The van der Waals surface area contributed by atoms with Gasteiger partial charge in [0.2, 0.25) is 0 Å². The van der Waals surface area contributed by atoms with E-state index in [4.69, 9.17) is 4.74 Å². The van der Waals surface area contributed by atoms with Gasteiger partial charge in [-0.2, -0.15) is 0 Å². The van der Waals surface area contributed by atoms with E-state index in [2.05, 4.69) is 70.1 Å². The number of rotatable bonds is 2. The van der Waals surface area contributed by atoms with Crippen LogP contribution in [0.4, 0.5) is 0 Å². The first-order valence-electron chi connectivity index (χ1n) is 10.4. The van der Waals surface area contributed by atoms with Crippen molar-refractivity contribution >= 4 is 10.9 Å². The van der Waals surface area contributed by atoms with Crippen molar-refractivity contribution in [2.45, 2.75) is 30.8 Å². The van der Waals surface area contributed by atoms with Gasteiger partial charge in [0.05, 0.1) is 24.8 Å². The van der Waals surface area contributed by atoms with Crippen LogP contribution < -0.4 is 0 Å². The smallest absolute Gasteiger partial charge is 0.0667 e. The topological polar surface area (TPSA) is 17.4 Å². The van der Waals surface area contributed by atoms with Crippen molar-refractivity contribution in [3.63, 3.8) is 0 Å². The van der Waals surface area contributed by atoms with E-state index < -0.39 is 0 Å². The third-order valence-corrected chi connectivity index (χ3v) is 7.25. The van der Waals surface area contributed by atoms with Crippen LogP contribution in [0, 0.1) is 5.92 Å². The number of hydrogen-bond donors (Lipinski definition) is 0. The highest BCUT2D eigenvalue weighted by molar-refractivity contribution is 5.83. The Hall–Kier alpha value is -2.10. The Kier molecular flexibility index (Phi) is 3.51. The van der Waals surface area contributed by atoms with Crippen molar-refractivity contribution < 1.29 is 4.74 Å². The molecule has 27 heavy (non-hydrogen) atoms. The Morgan fingerprint density at radius 2 is 1.70 bits per heavy atom. The number of para-hydroxylation sites is 1. The molecular formula is C24H26N2O. The average molecular weight is 358 g/mol. The van der Waals surface area contributed by atoms with E-state index in [-0.39, 0.29) is 5.54 Å². The second-order valence-electron chi connectivity index (χ2n) is 8.34. The second-order valence-corrected chi connectivity index (χ2v) is 8.34. The molecule has 3 heteroatoms. The number of morpholine rings is 1. The Morgan fingerprint density at radius 3 is 2.56 bits per heavy atom. The molecule has 3 aliphatic rings. The molecule has 2 aromatic carbocycles. The SMILES string of the molecule is c1ccc(C2C3CCCC3(N3CCOCC3)c3cc4ccccc4n32)cc1. The minimum absolute atomic E-state index is 0.170. The monoisotopic (exact) mass is 358 g/mol. The molecule has 2 aliphatic heterocycles. The van der Waals surface area contributed by atoms with E-state index in [0.717, 1.165) is 26.3 Å². The predicted molar refractivity (Wildman–Crippen MR) is 108 cm³/mol. The fourth-order valence-electron chi connectivity index (χ4n) is 6.29. The largest absolute Gasteiger partial charge is 0.379 e. The molecule has 2 fully saturated rings. The zero-order valence-electron chi connectivity index (χ0n) is 15.7. The first-order chi connectivity index (χ1) is 13.4. The van der Waals surface area contributed by atoms with Crippen LogP contribution in [0.25, 0.3) is 10.9 Å². The molecule has 138 valence electrons. The molecule has 0 spiro atoms. The van der Waals surface area contributed by atoms with Crippen molar-refractivity contribution in [1.82, 2.24) is 9.47 Å². The lowest BCUT2D eigenvalue weighted by atomic mass is 9.79. The number of ether oxygens (including phenoxy) is 1. The van der Waals surface area contributed by atoms with Gasteiger partial charge in [0.25, 0.3) is 0 Å². The zero-order chi connectivity index (χ0) is 17.8. The van der Waals surface area contributed by atoms with E-state index in [1.807, 2.05) is 0 Å². The molecule has 1 aromatic heterocycles. The summed E-state index contributed by atoms with van der Waals surface area (Å²) >= 11 is 0. The summed E-state index contributed by atoms with van der Waals surface area (Å²) in [5, 5.41) is 1.38. The molecule has 3 nitrogen and oxygen atoms in total. The van der Waals surface area contributed by atoms with Crippen LogP contribution in [-0.2, 0) is 10.3 Å². The van der Waals surface area contributed by atoms with Crippen LogP contribution in [0.15, 0.2) is 60.7 Å². The average Bonchev–Trinajstić information content (AvgIpc) is 3.39. The summed E-state index contributed by atoms with van der Waals surface area (Å²) in [6.45, 7) is 3.84. The fourth-order valence-corrected chi connectivity index (χ4v) is 6.29. The lowest BCUT2D eigenvalue weighted by molar-refractivity contribution is -0.0378. The number of fused-ring (bicyclic) bond motifs is 5. The van der Waals surface area contributed by atoms with Gasteiger partial charge in [0, 0.05) is 30.2 Å². The third-order valence-electron chi connectivity index (χ3n) is 7.25. The van der Waals surface area contributed by atoms with Crippen LogP contribution in [-0.4, -0.2) is 35.8 Å². The van der Waals surface area contributed by atoms with E-state index >= 15 is 0 Å². The predicted octanol–water partition coefficient (Wildman–Crippen LogP) is 4.57. The standard InChI is InChI=1S/C24H26N2O/c1-2-7-18(8-3-1)23-20-10-6-12-24(20,25-13-15-27-16-14-25)22-17-19-9-4-5-11-21(19)26(22)23/h1-5,7-9,11,17,20,23H,6,10,12-16H2. The van der Waals surface area contributed by atoms with Gasteiger partial charge in [-0.1, -0.05) is 55.0 Å². The maximum absolute atomic E-state index is 5.71. The summed E-state index contributed by atoms with van der Waals surface area (Å²) in [4.78, 5) is 2.77. The summed E-state index contributed by atoms with van der Waals surface area (Å²) in [5.41, 5.74) is 4.57.